The molecule has 0 spiro atoms. The number of methoxy groups -OCH3 is 3. The van der Waals surface area contributed by atoms with Gasteiger partial charge in [0.15, 0.2) is 16.7 Å². The van der Waals surface area contributed by atoms with E-state index in [0.29, 0.717) is 56.1 Å². The largest absolute Gasteiger partial charge is 0.493 e. The van der Waals surface area contributed by atoms with E-state index in [-0.39, 0.29) is 5.56 Å². The fourth-order valence-electron chi connectivity index (χ4n) is 3.46. The average Bonchev–Trinajstić information content (AvgIpc) is 3.22. The van der Waals surface area contributed by atoms with Crippen LogP contribution in [-0.2, 0) is 10.5 Å². The van der Waals surface area contributed by atoms with E-state index >= 15 is 0 Å². The molecule has 0 radical (unpaired) electrons. The first-order valence-electron chi connectivity index (χ1n) is 10.0. The molecule has 0 saturated heterocycles. The highest BCUT2D eigenvalue weighted by atomic mass is 32.2. The third-order valence-electron chi connectivity index (χ3n) is 5.09. The van der Waals surface area contributed by atoms with E-state index < -0.39 is 5.97 Å². The fraction of sp³-hybridized carbons (Fsp3) is 0.208. The van der Waals surface area contributed by atoms with Crippen LogP contribution in [-0.4, -0.2) is 36.8 Å². The van der Waals surface area contributed by atoms with E-state index in [1.54, 1.807) is 56.5 Å². The highest BCUT2D eigenvalue weighted by Crippen LogP contribution is 2.32. The van der Waals surface area contributed by atoms with Gasteiger partial charge in [0.25, 0.3) is 5.56 Å². The summed E-state index contributed by atoms with van der Waals surface area (Å²) in [6.45, 7) is 1.70. The molecule has 2 heterocycles. The summed E-state index contributed by atoms with van der Waals surface area (Å²) < 4.78 is 22.8. The Kier molecular flexibility index (Phi) is 6.41. The number of esters is 1. The van der Waals surface area contributed by atoms with Gasteiger partial charge in [0.2, 0.25) is 0 Å². The molecule has 0 aliphatic heterocycles. The lowest BCUT2D eigenvalue weighted by Gasteiger charge is -2.15. The van der Waals surface area contributed by atoms with Gasteiger partial charge in [-0.1, -0.05) is 23.9 Å². The van der Waals surface area contributed by atoms with Crippen molar-refractivity contribution in [1.29, 1.82) is 0 Å². The Morgan fingerprint density at radius 3 is 2.55 bits per heavy atom. The molecular formula is C24H22N2O6S. The lowest BCUT2D eigenvalue weighted by molar-refractivity contribution is 0.0599. The van der Waals surface area contributed by atoms with E-state index in [9.17, 15) is 9.59 Å². The van der Waals surface area contributed by atoms with Crippen molar-refractivity contribution >= 4 is 28.6 Å². The summed E-state index contributed by atoms with van der Waals surface area (Å²) in [5.41, 5.74) is 1.34. The number of aryl methyl sites for hydroxylation is 1. The first kappa shape index (κ1) is 22.5. The Labute approximate surface area is 194 Å². The quantitative estimate of drug-likeness (QED) is 0.225. The Balaban J connectivity index is 1.79. The standard InChI is InChI=1S/C24H22N2O6S/c1-14-18(23(28)31-4)12-16(32-14)13-33-24-25-19-8-6-5-7-17(19)22(27)26(24)15-9-10-20(29-2)21(11-15)30-3/h5-12H,13H2,1-4H3. The minimum absolute atomic E-state index is 0.207. The Hall–Kier alpha value is -3.72. The molecule has 2 aromatic heterocycles. The number of hydrogen-bond donors (Lipinski definition) is 0. The van der Waals surface area contributed by atoms with Crippen molar-refractivity contribution in [3.05, 3.63) is 76.0 Å². The van der Waals surface area contributed by atoms with E-state index in [2.05, 4.69) is 0 Å². The van der Waals surface area contributed by atoms with Crippen LogP contribution < -0.4 is 15.0 Å². The number of carbonyl (C=O) groups is 1. The number of thioether (sulfide) groups is 1. The van der Waals surface area contributed by atoms with Gasteiger partial charge in [0, 0.05) is 6.07 Å². The second-order valence-corrected chi connectivity index (χ2v) is 8.00. The molecule has 0 bridgehead atoms. The highest BCUT2D eigenvalue weighted by Gasteiger charge is 2.18. The number of hydrogen-bond acceptors (Lipinski definition) is 8. The summed E-state index contributed by atoms with van der Waals surface area (Å²) in [7, 11) is 4.41. The maximum atomic E-state index is 13.5. The first-order valence-corrected chi connectivity index (χ1v) is 11.0. The number of ether oxygens (including phenoxy) is 3. The molecule has 33 heavy (non-hydrogen) atoms. The van der Waals surface area contributed by atoms with Crippen LogP contribution in [0.2, 0.25) is 0 Å². The van der Waals surface area contributed by atoms with Gasteiger partial charge in [0.1, 0.15) is 17.1 Å². The normalized spacial score (nSPS) is 10.9. The molecule has 0 aliphatic carbocycles. The molecule has 2 aromatic carbocycles. The van der Waals surface area contributed by atoms with Crippen molar-refractivity contribution in [2.24, 2.45) is 0 Å². The molecule has 4 aromatic rings. The van der Waals surface area contributed by atoms with Crippen molar-refractivity contribution in [2.45, 2.75) is 17.8 Å². The molecule has 0 N–H and O–H groups in total. The van der Waals surface area contributed by atoms with Gasteiger partial charge < -0.3 is 18.6 Å². The van der Waals surface area contributed by atoms with Crippen molar-refractivity contribution in [3.63, 3.8) is 0 Å². The first-order chi connectivity index (χ1) is 16.0. The van der Waals surface area contributed by atoms with Crippen molar-refractivity contribution in [2.75, 3.05) is 21.3 Å². The monoisotopic (exact) mass is 466 g/mol. The smallest absolute Gasteiger partial charge is 0.341 e. The zero-order valence-electron chi connectivity index (χ0n) is 18.6. The molecule has 4 rings (SSSR count). The second kappa shape index (κ2) is 9.41. The Morgan fingerprint density at radius 2 is 1.82 bits per heavy atom. The van der Waals surface area contributed by atoms with Crippen LogP contribution in [0.1, 0.15) is 21.9 Å². The number of rotatable bonds is 7. The summed E-state index contributed by atoms with van der Waals surface area (Å²) in [5.74, 6) is 1.99. The number of furan rings is 1. The molecular weight excluding hydrogens is 444 g/mol. The predicted molar refractivity (Wildman–Crippen MR) is 125 cm³/mol. The molecule has 8 nitrogen and oxygen atoms in total. The van der Waals surface area contributed by atoms with Crippen molar-refractivity contribution in [3.8, 4) is 17.2 Å². The molecule has 0 atom stereocenters. The van der Waals surface area contributed by atoms with Gasteiger partial charge in [-0.3, -0.25) is 9.36 Å². The van der Waals surface area contributed by atoms with E-state index in [1.165, 1.54) is 30.5 Å². The second-order valence-electron chi connectivity index (χ2n) is 7.05. The zero-order valence-corrected chi connectivity index (χ0v) is 19.4. The number of aromatic nitrogens is 2. The number of fused-ring (bicyclic) bond motifs is 1. The summed E-state index contributed by atoms with van der Waals surface area (Å²) in [5, 5.41) is 0.970. The third-order valence-corrected chi connectivity index (χ3v) is 6.05. The fourth-order valence-corrected chi connectivity index (χ4v) is 4.36. The van der Waals surface area contributed by atoms with Gasteiger partial charge in [-0.05, 0) is 37.3 Å². The molecule has 9 heteroatoms. The summed E-state index contributed by atoms with van der Waals surface area (Å²) in [4.78, 5) is 30.1. The van der Waals surface area contributed by atoms with Crippen LogP contribution in [0.25, 0.3) is 16.6 Å². The molecule has 0 saturated carbocycles. The molecule has 0 unspecified atom stereocenters. The highest BCUT2D eigenvalue weighted by molar-refractivity contribution is 7.98. The minimum Gasteiger partial charge on any atom is -0.493 e. The molecule has 0 amide bonds. The zero-order chi connectivity index (χ0) is 23.5. The van der Waals surface area contributed by atoms with Gasteiger partial charge in [-0.15, -0.1) is 0 Å². The lowest BCUT2D eigenvalue weighted by atomic mass is 10.2. The van der Waals surface area contributed by atoms with Crippen LogP contribution in [0.4, 0.5) is 0 Å². The lowest BCUT2D eigenvalue weighted by Crippen LogP contribution is -2.21. The van der Waals surface area contributed by atoms with Gasteiger partial charge >= 0.3 is 5.97 Å². The molecule has 170 valence electrons. The average molecular weight is 467 g/mol. The van der Waals surface area contributed by atoms with Crippen molar-refractivity contribution in [1.82, 2.24) is 9.55 Å². The van der Waals surface area contributed by atoms with Gasteiger partial charge in [-0.25, -0.2) is 9.78 Å². The summed E-state index contributed by atoms with van der Waals surface area (Å²) in [6.07, 6.45) is 0. The molecule has 0 fully saturated rings. The summed E-state index contributed by atoms with van der Waals surface area (Å²) >= 11 is 1.32. The van der Waals surface area contributed by atoms with Crippen LogP contribution in [0, 0.1) is 6.92 Å². The summed E-state index contributed by atoms with van der Waals surface area (Å²) in [6, 6.07) is 14.1. The Morgan fingerprint density at radius 1 is 1.06 bits per heavy atom. The third kappa shape index (κ3) is 4.31. The van der Waals surface area contributed by atoms with Crippen LogP contribution >= 0.6 is 11.8 Å². The number of carbonyl (C=O) groups excluding carboxylic acids is 1. The predicted octanol–water partition coefficient (Wildman–Crippen LogP) is 4.38. The number of para-hydroxylation sites is 1. The van der Waals surface area contributed by atoms with E-state index in [0.717, 1.165) is 0 Å². The SMILES string of the molecule is COC(=O)c1cc(CSc2nc3ccccc3c(=O)n2-c2ccc(OC)c(OC)c2)oc1C. The van der Waals surface area contributed by atoms with Gasteiger partial charge in [0.05, 0.1) is 43.7 Å². The minimum atomic E-state index is -0.460. The number of benzene rings is 2. The topological polar surface area (TPSA) is 92.8 Å². The molecule has 0 aliphatic rings. The Bertz CT molecular complexity index is 1390. The van der Waals surface area contributed by atoms with Crippen LogP contribution in [0.15, 0.2) is 62.9 Å². The van der Waals surface area contributed by atoms with Crippen molar-refractivity contribution < 1.29 is 23.4 Å². The maximum absolute atomic E-state index is 13.5. The number of nitrogens with zero attached hydrogens (tertiary/aromatic N) is 2. The van der Waals surface area contributed by atoms with E-state index in [1.807, 2.05) is 6.07 Å². The van der Waals surface area contributed by atoms with Crippen LogP contribution in [0.3, 0.4) is 0 Å². The van der Waals surface area contributed by atoms with E-state index in [4.69, 9.17) is 23.6 Å². The van der Waals surface area contributed by atoms with Gasteiger partial charge in [-0.2, -0.15) is 0 Å². The van der Waals surface area contributed by atoms with Crippen LogP contribution in [0.5, 0.6) is 11.5 Å². The maximum Gasteiger partial charge on any atom is 0.341 e.